The molecule has 0 radical (unpaired) electrons. The molecular formula is C11H16ClNO. The monoisotopic (exact) mass is 213 g/mol. The number of benzene rings is 1. The molecule has 0 saturated heterocycles. The first-order valence-electron chi connectivity index (χ1n) is 4.68. The van der Waals surface area contributed by atoms with Gasteiger partial charge in [0, 0.05) is 25.2 Å². The molecule has 0 aliphatic rings. The van der Waals surface area contributed by atoms with Crippen LogP contribution in [-0.2, 0) is 11.3 Å². The van der Waals surface area contributed by atoms with Crippen LogP contribution in [0.25, 0.3) is 0 Å². The van der Waals surface area contributed by atoms with Gasteiger partial charge in [-0.15, -0.1) is 0 Å². The summed E-state index contributed by atoms with van der Waals surface area (Å²) in [7, 11) is 1.70. The second-order valence-electron chi connectivity index (χ2n) is 3.24. The van der Waals surface area contributed by atoms with E-state index in [0.29, 0.717) is 0 Å². The molecule has 0 aromatic heterocycles. The number of hydrogen-bond acceptors (Lipinski definition) is 2. The van der Waals surface area contributed by atoms with Crippen molar-refractivity contribution >= 4 is 11.6 Å². The maximum Gasteiger partial charge on any atom is 0.0587 e. The average Bonchev–Trinajstić information content (AvgIpc) is 2.15. The summed E-state index contributed by atoms with van der Waals surface area (Å²) in [5.74, 6) is 0. The van der Waals surface area contributed by atoms with Crippen molar-refractivity contribution < 1.29 is 4.74 Å². The van der Waals surface area contributed by atoms with E-state index in [0.717, 1.165) is 24.7 Å². The van der Waals surface area contributed by atoms with Crippen LogP contribution in [0.1, 0.15) is 11.1 Å². The molecule has 2 nitrogen and oxygen atoms in total. The Balaban J connectivity index is 2.42. The van der Waals surface area contributed by atoms with E-state index >= 15 is 0 Å². The standard InChI is InChI=1S/C11H16ClNO/c1-9-7-11(12)4-3-10(9)8-13-5-6-14-2/h3-4,7,13H,5-6,8H2,1-2H3. The van der Waals surface area contributed by atoms with Crippen molar-refractivity contribution in [3.63, 3.8) is 0 Å². The molecule has 1 N–H and O–H groups in total. The zero-order valence-corrected chi connectivity index (χ0v) is 9.40. The van der Waals surface area contributed by atoms with Crippen molar-refractivity contribution in [2.45, 2.75) is 13.5 Å². The summed E-state index contributed by atoms with van der Waals surface area (Å²) in [5.41, 5.74) is 2.51. The lowest BCUT2D eigenvalue weighted by Crippen LogP contribution is -2.18. The normalized spacial score (nSPS) is 10.5. The van der Waals surface area contributed by atoms with E-state index in [1.807, 2.05) is 12.1 Å². The van der Waals surface area contributed by atoms with Crippen molar-refractivity contribution in [2.75, 3.05) is 20.3 Å². The Morgan fingerprint density at radius 1 is 1.43 bits per heavy atom. The third kappa shape index (κ3) is 3.66. The van der Waals surface area contributed by atoms with Gasteiger partial charge in [0.25, 0.3) is 0 Å². The lowest BCUT2D eigenvalue weighted by atomic mass is 10.1. The van der Waals surface area contributed by atoms with E-state index in [1.165, 1.54) is 11.1 Å². The lowest BCUT2D eigenvalue weighted by molar-refractivity contribution is 0.199. The smallest absolute Gasteiger partial charge is 0.0587 e. The molecule has 0 aliphatic carbocycles. The SMILES string of the molecule is COCCNCc1ccc(Cl)cc1C. The summed E-state index contributed by atoms with van der Waals surface area (Å²) in [5, 5.41) is 4.09. The van der Waals surface area contributed by atoms with Gasteiger partial charge in [-0.25, -0.2) is 0 Å². The zero-order valence-electron chi connectivity index (χ0n) is 8.64. The Labute approximate surface area is 90.2 Å². The number of rotatable bonds is 5. The van der Waals surface area contributed by atoms with E-state index in [1.54, 1.807) is 7.11 Å². The number of aryl methyl sites for hydroxylation is 1. The fraction of sp³-hybridized carbons (Fsp3) is 0.455. The van der Waals surface area contributed by atoms with Gasteiger partial charge in [0.05, 0.1) is 6.61 Å². The Bertz CT molecular complexity index is 289. The molecular weight excluding hydrogens is 198 g/mol. The third-order valence-electron chi connectivity index (χ3n) is 2.10. The van der Waals surface area contributed by atoms with Crippen LogP contribution in [0.15, 0.2) is 18.2 Å². The van der Waals surface area contributed by atoms with Crippen LogP contribution < -0.4 is 5.32 Å². The first kappa shape index (κ1) is 11.5. The molecule has 1 aromatic carbocycles. The van der Waals surface area contributed by atoms with Gasteiger partial charge in [-0.3, -0.25) is 0 Å². The summed E-state index contributed by atoms with van der Waals surface area (Å²) in [6.07, 6.45) is 0. The van der Waals surface area contributed by atoms with Crippen molar-refractivity contribution in [2.24, 2.45) is 0 Å². The molecule has 78 valence electrons. The molecule has 0 heterocycles. The molecule has 0 aliphatic heterocycles. The number of hydrogen-bond donors (Lipinski definition) is 1. The predicted molar refractivity (Wildman–Crippen MR) is 59.8 cm³/mol. The van der Waals surface area contributed by atoms with Crippen molar-refractivity contribution in [3.8, 4) is 0 Å². The van der Waals surface area contributed by atoms with Crippen molar-refractivity contribution in [3.05, 3.63) is 34.3 Å². The Morgan fingerprint density at radius 3 is 2.86 bits per heavy atom. The highest BCUT2D eigenvalue weighted by molar-refractivity contribution is 6.30. The van der Waals surface area contributed by atoms with Crippen LogP contribution in [0.5, 0.6) is 0 Å². The molecule has 0 bridgehead atoms. The molecule has 0 fully saturated rings. The number of methoxy groups -OCH3 is 1. The van der Waals surface area contributed by atoms with Gasteiger partial charge in [-0.2, -0.15) is 0 Å². The van der Waals surface area contributed by atoms with Crippen LogP contribution in [0.3, 0.4) is 0 Å². The van der Waals surface area contributed by atoms with Crippen molar-refractivity contribution in [1.82, 2.24) is 5.32 Å². The van der Waals surface area contributed by atoms with Crippen LogP contribution in [0, 0.1) is 6.92 Å². The summed E-state index contributed by atoms with van der Waals surface area (Å²) in [4.78, 5) is 0. The van der Waals surface area contributed by atoms with Crippen molar-refractivity contribution in [1.29, 1.82) is 0 Å². The minimum atomic E-state index is 0.743. The quantitative estimate of drug-likeness (QED) is 0.759. The Morgan fingerprint density at radius 2 is 2.21 bits per heavy atom. The van der Waals surface area contributed by atoms with Gasteiger partial charge in [0.1, 0.15) is 0 Å². The highest BCUT2D eigenvalue weighted by atomic mass is 35.5. The van der Waals surface area contributed by atoms with Gasteiger partial charge in [-0.05, 0) is 30.2 Å². The van der Waals surface area contributed by atoms with Gasteiger partial charge < -0.3 is 10.1 Å². The Kier molecular flexibility index (Phi) is 4.94. The molecule has 0 spiro atoms. The number of nitrogens with one attached hydrogen (secondary N) is 1. The summed E-state index contributed by atoms with van der Waals surface area (Å²) < 4.78 is 4.95. The van der Waals surface area contributed by atoms with Gasteiger partial charge in [0.15, 0.2) is 0 Å². The van der Waals surface area contributed by atoms with Gasteiger partial charge in [0.2, 0.25) is 0 Å². The topological polar surface area (TPSA) is 21.3 Å². The second kappa shape index (κ2) is 6.02. The zero-order chi connectivity index (χ0) is 10.4. The molecule has 0 saturated carbocycles. The van der Waals surface area contributed by atoms with E-state index in [4.69, 9.17) is 16.3 Å². The molecule has 0 amide bonds. The number of halogens is 1. The molecule has 0 atom stereocenters. The first-order chi connectivity index (χ1) is 6.74. The molecule has 1 aromatic rings. The fourth-order valence-corrected chi connectivity index (χ4v) is 1.48. The van der Waals surface area contributed by atoms with Crippen LogP contribution in [0.4, 0.5) is 0 Å². The van der Waals surface area contributed by atoms with E-state index < -0.39 is 0 Å². The molecule has 14 heavy (non-hydrogen) atoms. The first-order valence-corrected chi connectivity index (χ1v) is 5.06. The summed E-state index contributed by atoms with van der Waals surface area (Å²) in [6, 6.07) is 5.95. The Hall–Kier alpha value is -0.570. The molecule has 3 heteroatoms. The largest absolute Gasteiger partial charge is 0.383 e. The minimum Gasteiger partial charge on any atom is -0.383 e. The fourth-order valence-electron chi connectivity index (χ4n) is 1.25. The second-order valence-corrected chi connectivity index (χ2v) is 3.68. The number of ether oxygens (including phenoxy) is 1. The molecule has 0 unspecified atom stereocenters. The van der Waals surface area contributed by atoms with Crippen LogP contribution in [0.2, 0.25) is 5.02 Å². The maximum atomic E-state index is 5.86. The average molecular weight is 214 g/mol. The van der Waals surface area contributed by atoms with E-state index in [2.05, 4.69) is 18.3 Å². The maximum absolute atomic E-state index is 5.86. The third-order valence-corrected chi connectivity index (χ3v) is 2.34. The highest BCUT2D eigenvalue weighted by Crippen LogP contribution is 2.14. The summed E-state index contributed by atoms with van der Waals surface area (Å²) in [6.45, 7) is 4.55. The van der Waals surface area contributed by atoms with Gasteiger partial charge in [-0.1, -0.05) is 17.7 Å². The van der Waals surface area contributed by atoms with E-state index in [9.17, 15) is 0 Å². The molecule has 1 rings (SSSR count). The van der Waals surface area contributed by atoms with Crippen LogP contribution >= 0.6 is 11.6 Å². The van der Waals surface area contributed by atoms with Gasteiger partial charge >= 0.3 is 0 Å². The van der Waals surface area contributed by atoms with Crippen LogP contribution in [-0.4, -0.2) is 20.3 Å². The lowest BCUT2D eigenvalue weighted by Gasteiger charge is -2.07. The minimum absolute atomic E-state index is 0.743. The predicted octanol–water partition coefficient (Wildman–Crippen LogP) is 2.38. The highest BCUT2D eigenvalue weighted by Gasteiger charge is 1.98. The summed E-state index contributed by atoms with van der Waals surface area (Å²) >= 11 is 5.86. The van der Waals surface area contributed by atoms with E-state index in [-0.39, 0.29) is 0 Å².